The van der Waals surface area contributed by atoms with Crippen LogP contribution < -0.4 is 25.4 Å². The van der Waals surface area contributed by atoms with Crippen molar-refractivity contribution in [3.63, 3.8) is 0 Å². The zero-order valence-electron chi connectivity index (χ0n) is 24.4. The maximum atomic E-state index is 13.7. The van der Waals surface area contributed by atoms with Gasteiger partial charge < -0.3 is 15.1 Å². The van der Waals surface area contributed by atoms with Gasteiger partial charge in [-0.1, -0.05) is 17.7 Å². The summed E-state index contributed by atoms with van der Waals surface area (Å²) < 4.78 is 28.8. The lowest BCUT2D eigenvalue weighted by Gasteiger charge is -2.35. The minimum atomic E-state index is -3.83. The van der Waals surface area contributed by atoms with E-state index in [1.165, 1.54) is 6.07 Å². The normalized spacial score (nSPS) is 18.8. The Hall–Kier alpha value is -4.17. The first-order chi connectivity index (χ1) is 20.3. The van der Waals surface area contributed by atoms with Crippen molar-refractivity contribution in [2.75, 3.05) is 34.5 Å². The molecule has 5 heterocycles. The topological polar surface area (TPSA) is 147 Å². The second-order valence-corrected chi connectivity index (χ2v) is 13.5. The zero-order valence-corrected chi connectivity index (χ0v) is 25.9. The first kappa shape index (κ1) is 28.9. The standard InChI is InChI=1S/C28H32ClN9O4S/c1-15-10-19(16(2)30-21-6-7-22(29)31-25(21)26(39)34-43(5,41)42)24-20(11-15)27(40)36(4)28(32-24)38-14-17-12-18(38)13-37(17)23-8-9-35(3)33-23/h6-11,16-18,30H,12-14H2,1-5H3,(H,34,39)/t16-,17-,18-/m1/s1. The molecule has 2 aliphatic heterocycles. The van der Waals surface area contributed by atoms with E-state index in [4.69, 9.17) is 16.6 Å². The zero-order chi connectivity index (χ0) is 30.8. The highest BCUT2D eigenvalue weighted by molar-refractivity contribution is 7.89. The average Bonchev–Trinajstić information content (AvgIpc) is 3.66. The molecule has 15 heteroatoms. The molecule has 2 saturated heterocycles. The van der Waals surface area contributed by atoms with Crippen molar-refractivity contribution in [3.05, 3.63) is 68.9 Å². The molecule has 13 nitrogen and oxygen atoms in total. The quantitative estimate of drug-likeness (QED) is 0.293. The number of hydrogen-bond donors (Lipinski definition) is 2. The van der Waals surface area contributed by atoms with Crippen molar-refractivity contribution >= 4 is 55.9 Å². The largest absolute Gasteiger partial charge is 0.377 e. The van der Waals surface area contributed by atoms with E-state index in [0.717, 1.165) is 42.7 Å². The molecule has 1 aromatic carbocycles. The summed E-state index contributed by atoms with van der Waals surface area (Å²) in [4.78, 5) is 40.1. The Morgan fingerprint density at radius 2 is 1.81 bits per heavy atom. The molecule has 4 aromatic rings. The maximum absolute atomic E-state index is 13.7. The van der Waals surface area contributed by atoms with Crippen LogP contribution in [-0.2, 0) is 24.1 Å². The van der Waals surface area contributed by atoms with Gasteiger partial charge in [0.2, 0.25) is 16.0 Å². The van der Waals surface area contributed by atoms with E-state index >= 15 is 0 Å². The Morgan fingerprint density at radius 1 is 1.09 bits per heavy atom. The van der Waals surface area contributed by atoms with Crippen molar-refractivity contribution in [2.45, 2.75) is 38.4 Å². The van der Waals surface area contributed by atoms with Gasteiger partial charge in [-0.3, -0.25) is 18.8 Å². The predicted molar refractivity (Wildman–Crippen MR) is 165 cm³/mol. The first-order valence-electron chi connectivity index (χ1n) is 13.8. The summed E-state index contributed by atoms with van der Waals surface area (Å²) in [5, 5.41) is 8.36. The van der Waals surface area contributed by atoms with Gasteiger partial charge in [-0.25, -0.2) is 23.1 Å². The summed E-state index contributed by atoms with van der Waals surface area (Å²) in [5.74, 6) is 0.644. The SMILES string of the molecule is Cc1cc([C@@H](C)Nc2ccc(Cl)nc2C(=O)NS(C)(=O)=O)c2nc(N3C[C@H]4C[C@@H]3CN4c3ccn(C)n3)n(C)c(=O)c2c1. The van der Waals surface area contributed by atoms with Gasteiger partial charge in [0.15, 0.2) is 11.5 Å². The van der Waals surface area contributed by atoms with E-state index in [-0.39, 0.29) is 34.2 Å². The highest BCUT2D eigenvalue weighted by Crippen LogP contribution is 2.37. The number of sulfonamides is 1. The van der Waals surface area contributed by atoms with Crippen molar-refractivity contribution in [1.29, 1.82) is 0 Å². The van der Waals surface area contributed by atoms with Gasteiger partial charge in [-0.2, -0.15) is 5.10 Å². The summed E-state index contributed by atoms with van der Waals surface area (Å²) in [6.45, 7) is 5.29. The highest BCUT2D eigenvalue weighted by Gasteiger charge is 2.45. The van der Waals surface area contributed by atoms with Gasteiger partial charge in [-0.05, 0) is 44.0 Å². The number of nitrogens with one attached hydrogen (secondary N) is 2. The lowest BCUT2D eigenvalue weighted by Crippen LogP contribution is -2.48. The number of pyridine rings is 1. The van der Waals surface area contributed by atoms with Crippen LogP contribution in [0, 0.1) is 6.92 Å². The summed E-state index contributed by atoms with van der Waals surface area (Å²) in [5.41, 5.74) is 2.14. The van der Waals surface area contributed by atoms with Gasteiger partial charge in [0.25, 0.3) is 11.5 Å². The van der Waals surface area contributed by atoms with Crippen LogP contribution in [0.25, 0.3) is 10.9 Å². The van der Waals surface area contributed by atoms with Crippen LogP contribution in [0.5, 0.6) is 0 Å². The molecule has 1 amide bonds. The van der Waals surface area contributed by atoms with E-state index in [2.05, 4.69) is 25.2 Å². The fourth-order valence-corrected chi connectivity index (χ4v) is 6.71. The Bertz CT molecular complexity index is 1940. The van der Waals surface area contributed by atoms with Crippen LogP contribution in [0.15, 0.2) is 41.3 Å². The van der Waals surface area contributed by atoms with Crippen LogP contribution in [-0.4, -0.2) is 70.1 Å². The fourth-order valence-electron chi connectivity index (χ4n) is 6.13. The lowest BCUT2D eigenvalue weighted by molar-refractivity contribution is 0.0977. The number of halogens is 1. The number of hydrogen-bond acceptors (Lipinski definition) is 10. The Balaban J connectivity index is 1.35. The third-order valence-corrected chi connectivity index (χ3v) is 8.78. The number of fused-ring (bicyclic) bond motifs is 3. The molecule has 2 bridgehead atoms. The Morgan fingerprint density at radius 3 is 2.47 bits per heavy atom. The third kappa shape index (κ3) is 5.40. The van der Waals surface area contributed by atoms with Gasteiger partial charge in [0, 0.05) is 45.0 Å². The van der Waals surface area contributed by atoms with Crippen molar-refractivity contribution < 1.29 is 13.2 Å². The molecule has 2 fully saturated rings. The molecule has 226 valence electrons. The monoisotopic (exact) mass is 625 g/mol. The minimum absolute atomic E-state index is 0.0363. The number of carbonyl (C=O) groups is 1. The van der Waals surface area contributed by atoms with E-state index in [1.54, 1.807) is 22.4 Å². The van der Waals surface area contributed by atoms with Crippen LogP contribution in [0.2, 0.25) is 5.15 Å². The molecule has 2 aliphatic rings. The van der Waals surface area contributed by atoms with Crippen LogP contribution >= 0.6 is 11.6 Å². The van der Waals surface area contributed by atoms with E-state index in [9.17, 15) is 18.0 Å². The number of benzene rings is 1. The molecule has 0 radical (unpaired) electrons. The molecule has 3 aromatic heterocycles. The van der Waals surface area contributed by atoms with E-state index < -0.39 is 22.0 Å². The first-order valence-corrected chi connectivity index (χ1v) is 16.1. The molecular formula is C28H32ClN9O4S. The van der Waals surface area contributed by atoms with Crippen LogP contribution in [0.3, 0.4) is 0 Å². The fraction of sp³-hybridized carbons (Fsp3) is 0.393. The number of amides is 1. The van der Waals surface area contributed by atoms with Gasteiger partial charge in [0.1, 0.15) is 5.15 Å². The van der Waals surface area contributed by atoms with Crippen LogP contribution in [0.1, 0.15) is 41.0 Å². The molecule has 6 rings (SSSR count). The van der Waals surface area contributed by atoms with E-state index in [1.807, 2.05) is 50.0 Å². The summed E-state index contributed by atoms with van der Waals surface area (Å²) in [6.07, 6.45) is 3.77. The number of piperazine rings is 1. The smallest absolute Gasteiger partial charge is 0.285 e. The Labute approximate surface area is 253 Å². The number of aryl methyl sites for hydroxylation is 2. The summed E-state index contributed by atoms with van der Waals surface area (Å²) in [6, 6.07) is 8.87. The van der Waals surface area contributed by atoms with Gasteiger partial charge >= 0.3 is 0 Å². The second kappa shape index (κ2) is 10.5. The molecule has 3 atom stereocenters. The third-order valence-electron chi connectivity index (χ3n) is 8.01. The predicted octanol–water partition coefficient (Wildman–Crippen LogP) is 2.35. The van der Waals surface area contributed by atoms with Gasteiger partial charge in [0.05, 0.1) is 41.0 Å². The van der Waals surface area contributed by atoms with Crippen molar-refractivity contribution in [1.82, 2.24) is 29.0 Å². The number of aromatic nitrogens is 5. The molecule has 0 aliphatic carbocycles. The van der Waals surface area contributed by atoms with Crippen LogP contribution in [0.4, 0.5) is 17.5 Å². The Kier molecular flexibility index (Phi) is 7.08. The summed E-state index contributed by atoms with van der Waals surface area (Å²) in [7, 11) is -0.172. The average molecular weight is 626 g/mol. The number of nitrogens with zero attached hydrogens (tertiary/aromatic N) is 7. The molecule has 0 unspecified atom stereocenters. The minimum Gasteiger partial charge on any atom is -0.377 e. The lowest BCUT2D eigenvalue weighted by atomic mass is 10.0. The molecular weight excluding hydrogens is 594 g/mol. The van der Waals surface area contributed by atoms with Gasteiger partial charge in [-0.15, -0.1) is 0 Å². The number of carbonyl (C=O) groups excluding carboxylic acids is 1. The highest BCUT2D eigenvalue weighted by atomic mass is 35.5. The van der Waals surface area contributed by atoms with Crippen molar-refractivity contribution in [2.24, 2.45) is 14.1 Å². The second-order valence-electron chi connectivity index (χ2n) is 11.3. The molecule has 0 spiro atoms. The summed E-state index contributed by atoms with van der Waals surface area (Å²) >= 11 is 6.04. The molecule has 2 N–H and O–H groups in total. The number of rotatable bonds is 7. The van der Waals surface area contributed by atoms with Crippen molar-refractivity contribution in [3.8, 4) is 0 Å². The molecule has 0 saturated carbocycles. The number of anilines is 3. The maximum Gasteiger partial charge on any atom is 0.285 e. The molecule has 43 heavy (non-hydrogen) atoms. The van der Waals surface area contributed by atoms with E-state index in [0.29, 0.717) is 16.9 Å².